The molecule has 2 unspecified atom stereocenters. The molecule has 3 aromatic rings. The van der Waals surface area contributed by atoms with Gasteiger partial charge in [0.15, 0.2) is 0 Å². The molecule has 3 heterocycles. The highest BCUT2D eigenvalue weighted by Gasteiger charge is 2.45. The molecular weight excluding hydrogens is 516 g/mol. The molecule has 198 valence electrons. The highest BCUT2D eigenvalue weighted by molar-refractivity contribution is 6.30. The Morgan fingerprint density at radius 3 is 2.64 bits per heavy atom. The van der Waals surface area contributed by atoms with E-state index in [0.29, 0.717) is 46.5 Å². The van der Waals surface area contributed by atoms with Gasteiger partial charge in [0.2, 0.25) is 5.91 Å². The molecule has 5 rings (SSSR count). The number of aliphatic imine (C=N–C) groups is 1. The number of hydrogen-bond acceptors (Lipinski definition) is 6. The SMILES string of the molecule is CC(C)Oc1cc(C#N)ccc1C1=NC(c2ccccn2)C(c2ccc(Cl)cc2)N1C(=O)N1CCNC(=O)C1. The number of pyridine rings is 1. The van der Waals surface area contributed by atoms with E-state index in [2.05, 4.69) is 16.4 Å². The van der Waals surface area contributed by atoms with Gasteiger partial charge >= 0.3 is 6.03 Å². The van der Waals surface area contributed by atoms with Crippen molar-refractivity contribution in [3.8, 4) is 11.8 Å². The second-order valence-electron chi connectivity index (χ2n) is 9.56. The smallest absolute Gasteiger partial charge is 0.326 e. The van der Waals surface area contributed by atoms with E-state index in [4.69, 9.17) is 21.3 Å². The predicted molar refractivity (Wildman–Crippen MR) is 146 cm³/mol. The Hall–Kier alpha value is -4.42. The number of piperazine rings is 1. The molecule has 0 saturated carbocycles. The summed E-state index contributed by atoms with van der Waals surface area (Å²) in [6, 6.07) is 18.6. The highest BCUT2D eigenvalue weighted by Crippen LogP contribution is 2.44. The fourth-order valence-electron chi connectivity index (χ4n) is 4.80. The summed E-state index contributed by atoms with van der Waals surface area (Å²) < 4.78 is 6.11. The van der Waals surface area contributed by atoms with E-state index in [1.165, 1.54) is 4.90 Å². The van der Waals surface area contributed by atoms with Crippen molar-refractivity contribution in [1.82, 2.24) is 20.1 Å². The fourth-order valence-corrected chi connectivity index (χ4v) is 4.92. The molecule has 0 bridgehead atoms. The number of halogens is 1. The van der Waals surface area contributed by atoms with E-state index < -0.39 is 12.1 Å². The van der Waals surface area contributed by atoms with Crippen molar-refractivity contribution in [1.29, 1.82) is 5.26 Å². The third-order valence-electron chi connectivity index (χ3n) is 6.50. The number of rotatable bonds is 5. The first-order valence-corrected chi connectivity index (χ1v) is 13.0. The minimum absolute atomic E-state index is 0.0626. The molecule has 10 heteroatoms. The average Bonchev–Trinajstić information content (AvgIpc) is 3.33. The molecule has 9 nitrogen and oxygen atoms in total. The van der Waals surface area contributed by atoms with Crippen molar-refractivity contribution in [3.05, 3.63) is 94.3 Å². The number of nitrogens with one attached hydrogen (secondary N) is 1. The number of hydrogen-bond donors (Lipinski definition) is 1. The number of urea groups is 1. The molecule has 39 heavy (non-hydrogen) atoms. The summed E-state index contributed by atoms with van der Waals surface area (Å²) in [6.07, 6.45) is 1.51. The van der Waals surface area contributed by atoms with Crippen LogP contribution in [0.3, 0.4) is 0 Å². The van der Waals surface area contributed by atoms with E-state index in [9.17, 15) is 14.9 Å². The number of benzene rings is 2. The first-order valence-electron chi connectivity index (χ1n) is 12.7. The van der Waals surface area contributed by atoms with Gasteiger partial charge in [-0.05, 0) is 61.9 Å². The molecule has 2 aromatic carbocycles. The van der Waals surface area contributed by atoms with Crippen molar-refractivity contribution in [3.63, 3.8) is 0 Å². The summed E-state index contributed by atoms with van der Waals surface area (Å²) in [7, 11) is 0. The number of nitriles is 1. The van der Waals surface area contributed by atoms with E-state index in [1.807, 2.05) is 44.2 Å². The lowest BCUT2D eigenvalue weighted by molar-refractivity contribution is -0.123. The average molecular weight is 543 g/mol. The second kappa shape index (κ2) is 11.1. The van der Waals surface area contributed by atoms with Gasteiger partial charge in [0.25, 0.3) is 0 Å². The normalized spacial score (nSPS) is 18.9. The van der Waals surface area contributed by atoms with Crippen molar-refractivity contribution in [2.24, 2.45) is 4.99 Å². The van der Waals surface area contributed by atoms with Crippen LogP contribution in [-0.2, 0) is 4.79 Å². The van der Waals surface area contributed by atoms with Crippen LogP contribution in [-0.4, -0.2) is 58.3 Å². The second-order valence-corrected chi connectivity index (χ2v) is 10.00. The Balaban J connectivity index is 1.71. The van der Waals surface area contributed by atoms with Gasteiger partial charge in [-0.3, -0.25) is 19.7 Å². The zero-order valence-electron chi connectivity index (χ0n) is 21.5. The maximum Gasteiger partial charge on any atom is 0.326 e. The van der Waals surface area contributed by atoms with Gasteiger partial charge in [-0.2, -0.15) is 5.26 Å². The lowest BCUT2D eigenvalue weighted by atomic mass is 9.96. The maximum atomic E-state index is 14.3. The number of nitrogens with zero attached hydrogens (tertiary/aromatic N) is 5. The van der Waals surface area contributed by atoms with Crippen molar-refractivity contribution >= 4 is 29.4 Å². The number of amides is 3. The Morgan fingerprint density at radius 2 is 1.97 bits per heavy atom. The molecule has 1 N–H and O–H groups in total. The van der Waals surface area contributed by atoms with Gasteiger partial charge in [-0.25, -0.2) is 4.79 Å². The zero-order chi connectivity index (χ0) is 27.5. The summed E-state index contributed by atoms with van der Waals surface area (Å²) in [6.45, 7) is 4.44. The van der Waals surface area contributed by atoms with E-state index in [0.717, 1.165) is 5.56 Å². The molecule has 2 atom stereocenters. The number of carbonyl (C=O) groups excluding carboxylic acids is 2. The Morgan fingerprint density at radius 1 is 1.18 bits per heavy atom. The topological polar surface area (TPSA) is 111 Å². The Kier molecular flexibility index (Phi) is 7.48. The standard InChI is InChI=1S/C29H27ClN6O3/c1-18(2)39-24-15-19(16-31)6-11-22(24)28-34-26(23-5-3-4-12-32-23)27(20-7-9-21(30)10-8-20)36(28)29(38)35-14-13-33-25(37)17-35/h3-12,15,18,26-27H,13-14,17H2,1-2H3,(H,33,37). The van der Waals surface area contributed by atoms with Gasteiger partial charge in [-0.1, -0.05) is 29.8 Å². The van der Waals surface area contributed by atoms with Crippen LogP contribution >= 0.6 is 11.6 Å². The quantitative estimate of drug-likeness (QED) is 0.510. The van der Waals surface area contributed by atoms with Gasteiger partial charge in [-0.15, -0.1) is 0 Å². The summed E-state index contributed by atoms with van der Waals surface area (Å²) >= 11 is 6.21. The number of amidine groups is 1. The van der Waals surface area contributed by atoms with Gasteiger partial charge in [0.05, 0.1) is 35.0 Å². The van der Waals surface area contributed by atoms with Gasteiger partial charge in [0, 0.05) is 24.3 Å². The van der Waals surface area contributed by atoms with Crippen LogP contribution in [0.1, 0.15) is 48.3 Å². The molecule has 2 aliphatic rings. The molecule has 2 aliphatic heterocycles. The molecule has 1 fully saturated rings. The van der Waals surface area contributed by atoms with Crippen molar-refractivity contribution in [2.75, 3.05) is 19.6 Å². The lowest BCUT2D eigenvalue weighted by Crippen LogP contribution is -2.55. The Labute approximate surface area is 231 Å². The first-order chi connectivity index (χ1) is 18.9. The third kappa shape index (κ3) is 5.42. The van der Waals surface area contributed by atoms with Crippen LogP contribution in [0.4, 0.5) is 4.79 Å². The fraction of sp³-hybridized carbons (Fsp3) is 0.276. The van der Waals surface area contributed by atoms with Crippen LogP contribution in [0.25, 0.3) is 0 Å². The number of ether oxygens (including phenoxy) is 1. The van der Waals surface area contributed by atoms with E-state index in [1.54, 1.807) is 41.4 Å². The number of carbonyl (C=O) groups is 2. The lowest BCUT2D eigenvalue weighted by Gasteiger charge is -2.35. The molecule has 0 spiro atoms. The van der Waals surface area contributed by atoms with E-state index in [-0.39, 0.29) is 24.6 Å². The van der Waals surface area contributed by atoms with Crippen LogP contribution in [0.2, 0.25) is 5.02 Å². The molecule has 1 saturated heterocycles. The Bertz CT molecular complexity index is 1450. The van der Waals surface area contributed by atoms with Crippen molar-refractivity contribution in [2.45, 2.75) is 32.0 Å². The first kappa shape index (κ1) is 26.2. The van der Waals surface area contributed by atoms with Crippen LogP contribution in [0.5, 0.6) is 5.75 Å². The van der Waals surface area contributed by atoms with Crippen molar-refractivity contribution < 1.29 is 14.3 Å². The summed E-state index contributed by atoms with van der Waals surface area (Å²) in [5, 5.41) is 12.9. The minimum atomic E-state index is -0.577. The van der Waals surface area contributed by atoms with Crippen LogP contribution in [0, 0.1) is 11.3 Å². The molecule has 3 amide bonds. The highest BCUT2D eigenvalue weighted by atomic mass is 35.5. The van der Waals surface area contributed by atoms with Gasteiger partial charge < -0.3 is 15.0 Å². The van der Waals surface area contributed by atoms with Gasteiger partial charge in [0.1, 0.15) is 24.2 Å². The molecular formula is C29H27ClN6O3. The number of aromatic nitrogens is 1. The molecule has 0 aliphatic carbocycles. The minimum Gasteiger partial charge on any atom is -0.490 e. The summed E-state index contributed by atoms with van der Waals surface area (Å²) in [5.41, 5.74) is 2.48. The maximum absolute atomic E-state index is 14.3. The van der Waals surface area contributed by atoms with Crippen LogP contribution < -0.4 is 10.1 Å². The summed E-state index contributed by atoms with van der Waals surface area (Å²) in [5.74, 6) is 0.592. The monoisotopic (exact) mass is 542 g/mol. The van der Waals surface area contributed by atoms with Crippen LogP contribution in [0.15, 0.2) is 71.9 Å². The van der Waals surface area contributed by atoms with E-state index >= 15 is 0 Å². The third-order valence-corrected chi connectivity index (χ3v) is 6.75. The summed E-state index contributed by atoms with van der Waals surface area (Å²) in [4.78, 5) is 39.3. The predicted octanol–water partition coefficient (Wildman–Crippen LogP) is 4.49. The largest absolute Gasteiger partial charge is 0.490 e. The molecule has 1 aromatic heterocycles. The molecule has 0 radical (unpaired) electrons. The zero-order valence-corrected chi connectivity index (χ0v) is 22.3.